The second-order valence-corrected chi connectivity index (χ2v) is 7.86. The van der Waals surface area contributed by atoms with E-state index in [1.54, 1.807) is 27.5 Å². The van der Waals surface area contributed by atoms with Crippen LogP contribution in [0.15, 0.2) is 34.4 Å². The maximum absolute atomic E-state index is 12.0. The van der Waals surface area contributed by atoms with Gasteiger partial charge in [-0.25, -0.2) is 4.79 Å². The summed E-state index contributed by atoms with van der Waals surface area (Å²) in [5.74, 6) is 0. The highest BCUT2D eigenvalue weighted by Gasteiger charge is 2.16. The molecule has 0 saturated carbocycles. The summed E-state index contributed by atoms with van der Waals surface area (Å²) in [6.45, 7) is 0. The minimum Gasteiger partial charge on any atom is -0.309 e. The van der Waals surface area contributed by atoms with Crippen molar-refractivity contribution in [2.75, 3.05) is 7.05 Å². The summed E-state index contributed by atoms with van der Waals surface area (Å²) in [7, 11) is 5.58. The number of nitrogens with zero attached hydrogens (tertiary/aromatic N) is 2. The fourth-order valence-corrected chi connectivity index (χ4v) is 4.10. The van der Waals surface area contributed by atoms with E-state index in [0.717, 1.165) is 11.0 Å². The van der Waals surface area contributed by atoms with E-state index in [9.17, 15) is 4.79 Å². The molecule has 1 aromatic carbocycles. The molecule has 0 amide bonds. The van der Waals surface area contributed by atoms with E-state index in [-0.39, 0.29) is 11.7 Å². The first-order chi connectivity index (χ1) is 10.0. The predicted octanol–water partition coefficient (Wildman–Crippen LogP) is 2.85. The van der Waals surface area contributed by atoms with E-state index in [0.29, 0.717) is 0 Å². The van der Waals surface area contributed by atoms with Gasteiger partial charge in [-0.3, -0.25) is 9.13 Å². The Hall–Kier alpha value is -1.12. The van der Waals surface area contributed by atoms with E-state index in [4.69, 9.17) is 0 Å². The summed E-state index contributed by atoms with van der Waals surface area (Å²) in [6, 6.07) is 8.55. The van der Waals surface area contributed by atoms with Gasteiger partial charge in [-0.2, -0.15) is 0 Å². The second-order valence-electron chi connectivity index (χ2n) is 5.05. The number of aryl methyl sites for hydroxylation is 2. The van der Waals surface area contributed by atoms with Gasteiger partial charge in [0, 0.05) is 14.1 Å². The highest BCUT2D eigenvalue weighted by molar-refractivity contribution is 14.1. The van der Waals surface area contributed by atoms with Crippen LogP contribution >= 0.6 is 33.9 Å². The smallest absolute Gasteiger partial charge is 0.309 e. The number of benzene rings is 1. The predicted molar refractivity (Wildman–Crippen MR) is 96.1 cm³/mol. The lowest BCUT2D eigenvalue weighted by atomic mass is 10.0. The Kier molecular flexibility index (Phi) is 3.94. The van der Waals surface area contributed by atoms with Crippen LogP contribution in [0.5, 0.6) is 0 Å². The first-order valence-electron chi connectivity index (χ1n) is 6.59. The molecule has 2 heterocycles. The Labute approximate surface area is 140 Å². The standard InChI is InChI=1S/C15H16IN3OS/c1-17-14(10-7-13(16)21-8-10)9-4-5-11-12(6-9)19(3)15(20)18(11)2/h4-8,14,17H,1-3H3. The largest absolute Gasteiger partial charge is 0.328 e. The highest BCUT2D eigenvalue weighted by atomic mass is 127. The molecule has 1 unspecified atom stereocenters. The first-order valence-corrected chi connectivity index (χ1v) is 8.55. The topological polar surface area (TPSA) is 39.0 Å². The van der Waals surface area contributed by atoms with Crippen molar-refractivity contribution >= 4 is 45.0 Å². The lowest BCUT2D eigenvalue weighted by Crippen LogP contribution is -2.19. The zero-order valence-electron chi connectivity index (χ0n) is 12.1. The summed E-state index contributed by atoms with van der Waals surface area (Å²) >= 11 is 4.08. The number of rotatable bonds is 3. The van der Waals surface area contributed by atoms with Crippen LogP contribution in [0.4, 0.5) is 0 Å². The van der Waals surface area contributed by atoms with Gasteiger partial charge in [-0.05, 0) is 64.3 Å². The number of hydrogen-bond acceptors (Lipinski definition) is 3. The van der Waals surface area contributed by atoms with Crippen molar-refractivity contribution in [3.05, 3.63) is 54.1 Å². The van der Waals surface area contributed by atoms with E-state index in [1.807, 2.05) is 20.2 Å². The van der Waals surface area contributed by atoms with Gasteiger partial charge in [0.15, 0.2) is 0 Å². The summed E-state index contributed by atoms with van der Waals surface area (Å²) < 4.78 is 4.65. The Bertz CT molecular complexity index is 862. The Morgan fingerprint density at radius 1 is 1.14 bits per heavy atom. The maximum Gasteiger partial charge on any atom is 0.328 e. The molecular formula is C15H16IN3OS. The van der Waals surface area contributed by atoms with Crippen LogP contribution in [0.2, 0.25) is 0 Å². The second kappa shape index (κ2) is 5.58. The summed E-state index contributed by atoms with van der Waals surface area (Å²) in [6.07, 6.45) is 0. The number of thiophene rings is 1. The normalized spacial score (nSPS) is 13.0. The molecule has 0 aliphatic rings. The summed E-state index contributed by atoms with van der Waals surface area (Å²) in [4.78, 5) is 12.0. The minimum atomic E-state index is 0.00763. The fourth-order valence-electron chi connectivity index (χ4n) is 2.70. The molecular weight excluding hydrogens is 397 g/mol. The molecule has 1 atom stereocenters. The number of hydrogen-bond donors (Lipinski definition) is 1. The number of fused-ring (bicyclic) bond motifs is 1. The molecule has 6 heteroatoms. The molecule has 0 aliphatic heterocycles. The lowest BCUT2D eigenvalue weighted by molar-refractivity contribution is 0.694. The van der Waals surface area contributed by atoms with Crippen molar-refractivity contribution in [2.45, 2.75) is 6.04 Å². The Morgan fingerprint density at radius 2 is 1.86 bits per heavy atom. The van der Waals surface area contributed by atoms with Crippen LogP contribution in [0.1, 0.15) is 17.2 Å². The number of aromatic nitrogens is 2. The number of halogens is 1. The molecule has 110 valence electrons. The summed E-state index contributed by atoms with van der Waals surface area (Å²) in [5.41, 5.74) is 4.35. The molecule has 0 bridgehead atoms. The van der Waals surface area contributed by atoms with Crippen LogP contribution in [0.25, 0.3) is 11.0 Å². The van der Waals surface area contributed by atoms with Gasteiger partial charge < -0.3 is 5.32 Å². The highest BCUT2D eigenvalue weighted by Crippen LogP contribution is 2.28. The number of imidazole rings is 1. The molecule has 0 saturated heterocycles. The zero-order chi connectivity index (χ0) is 15.1. The van der Waals surface area contributed by atoms with Gasteiger partial charge in [0.1, 0.15) is 0 Å². The number of nitrogens with one attached hydrogen (secondary N) is 1. The van der Waals surface area contributed by atoms with Crippen molar-refractivity contribution in [3.8, 4) is 0 Å². The van der Waals surface area contributed by atoms with Gasteiger partial charge in [0.05, 0.1) is 20.0 Å². The van der Waals surface area contributed by atoms with Crippen LogP contribution in [0, 0.1) is 2.88 Å². The third-order valence-electron chi connectivity index (χ3n) is 3.84. The first kappa shape index (κ1) is 14.8. The Balaban J connectivity index is 2.15. The molecule has 21 heavy (non-hydrogen) atoms. The SMILES string of the molecule is CNC(c1csc(I)c1)c1ccc2c(c1)n(C)c(=O)n2C. The average molecular weight is 413 g/mol. The van der Waals surface area contributed by atoms with E-state index in [2.05, 4.69) is 51.5 Å². The van der Waals surface area contributed by atoms with Gasteiger partial charge >= 0.3 is 5.69 Å². The van der Waals surface area contributed by atoms with Crippen molar-refractivity contribution < 1.29 is 0 Å². The third-order valence-corrected chi connectivity index (χ3v) is 5.65. The van der Waals surface area contributed by atoms with Gasteiger partial charge in [0.2, 0.25) is 0 Å². The van der Waals surface area contributed by atoms with E-state index in [1.165, 1.54) is 14.0 Å². The van der Waals surface area contributed by atoms with Crippen LogP contribution in [-0.4, -0.2) is 16.2 Å². The van der Waals surface area contributed by atoms with Crippen LogP contribution in [-0.2, 0) is 14.1 Å². The fraction of sp³-hybridized carbons (Fsp3) is 0.267. The molecule has 0 aliphatic carbocycles. The van der Waals surface area contributed by atoms with E-state index >= 15 is 0 Å². The molecule has 0 fully saturated rings. The zero-order valence-corrected chi connectivity index (χ0v) is 15.0. The molecule has 2 aromatic heterocycles. The molecule has 3 rings (SSSR count). The lowest BCUT2D eigenvalue weighted by Gasteiger charge is -2.15. The summed E-state index contributed by atoms with van der Waals surface area (Å²) in [5, 5.41) is 5.54. The average Bonchev–Trinajstić information content (AvgIpc) is 2.99. The quantitative estimate of drug-likeness (QED) is 0.671. The van der Waals surface area contributed by atoms with E-state index < -0.39 is 0 Å². The molecule has 1 N–H and O–H groups in total. The van der Waals surface area contributed by atoms with Crippen molar-refractivity contribution in [2.24, 2.45) is 14.1 Å². The van der Waals surface area contributed by atoms with Gasteiger partial charge in [-0.1, -0.05) is 6.07 Å². The maximum atomic E-state index is 12.0. The molecule has 3 aromatic rings. The van der Waals surface area contributed by atoms with Crippen LogP contribution < -0.4 is 11.0 Å². The minimum absolute atomic E-state index is 0.00763. The Morgan fingerprint density at radius 3 is 2.48 bits per heavy atom. The molecule has 4 nitrogen and oxygen atoms in total. The van der Waals surface area contributed by atoms with Crippen molar-refractivity contribution in [1.29, 1.82) is 0 Å². The third kappa shape index (κ3) is 2.45. The van der Waals surface area contributed by atoms with Gasteiger partial charge in [0.25, 0.3) is 0 Å². The monoisotopic (exact) mass is 413 g/mol. The molecule has 0 radical (unpaired) electrons. The van der Waals surface area contributed by atoms with Gasteiger partial charge in [-0.15, -0.1) is 11.3 Å². The van der Waals surface area contributed by atoms with Crippen molar-refractivity contribution in [3.63, 3.8) is 0 Å². The van der Waals surface area contributed by atoms with Crippen molar-refractivity contribution in [1.82, 2.24) is 14.5 Å². The van der Waals surface area contributed by atoms with Crippen LogP contribution in [0.3, 0.4) is 0 Å². The molecule has 0 spiro atoms.